The second kappa shape index (κ2) is 6.96. The van der Waals surface area contributed by atoms with Gasteiger partial charge in [0, 0.05) is 12.3 Å². The minimum atomic E-state index is -3.66. The number of rotatable bonds is 4. The van der Waals surface area contributed by atoms with Crippen LogP contribution >= 0.6 is 0 Å². The van der Waals surface area contributed by atoms with Crippen molar-refractivity contribution >= 4 is 0 Å². The molecule has 2 aliphatic heterocycles. The summed E-state index contributed by atoms with van der Waals surface area (Å²) in [6.45, 7) is 0.278. The molecule has 3 rings (SSSR count). The first kappa shape index (κ1) is 21.0. The Kier molecular flexibility index (Phi) is 5.23. The molecule has 0 spiro atoms. The predicted molar refractivity (Wildman–Crippen MR) is 85.7 cm³/mol. The fraction of sp³-hybridized carbons (Fsp3) is 0.733. The highest BCUT2D eigenvalue weighted by molar-refractivity contribution is 5.13. The van der Waals surface area contributed by atoms with Crippen LogP contribution in [0, 0.1) is 0 Å². The van der Waals surface area contributed by atoms with Gasteiger partial charge in [-0.25, -0.2) is 9.18 Å². The second-order valence-corrected chi connectivity index (χ2v) is 6.90. The number of H-pyrrole nitrogens is 1. The van der Waals surface area contributed by atoms with E-state index < -0.39 is 72.2 Å². The van der Waals surface area contributed by atoms with E-state index in [2.05, 4.69) is 0 Å². The molecular weight excluding hydrogens is 387 g/mol. The molecule has 0 radical (unpaired) electrons. The lowest BCUT2D eigenvalue weighted by Gasteiger charge is -2.40. The third kappa shape index (κ3) is 2.83. The molecule has 13 heteroatoms. The third-order valence-corrected chi connectivity index (χ3v) is 5.09. The smallest absolute Gasteiger partial charge is 0.330 e. The van der Waals surface area contributed by atoms with Crippen molar-refractivity contribution in [2.45, 2.75) is 61.2 Å². The Hall–Kier alpha value is -1.71. The van der Waals surface area contributed by atoms with Crippen molar-refractivity contribution in [3.63, 3.8) is 0 Å². The predicted octanol–water partition coefficient (Wildman–Crippen LogP) is -4.53. The molecule has 0 aromatic carbocycles. The first-order valence-electron chi connectivity index (χ1n) is 8.38. The van der Waals surface area contributed by atoms with Crippen molar-refractivity contribution in [2.75, 3.05) is 6.61 Å². The summed E-state index contributed by atoms with van der Waals surface area (Å²) in [4.78, 5) is 25.6. The third-order valence-electron chi connectivity index (χ3n) is 5.09. The Labute approximate surface area is 156 Å². The van der Waals surface area contributed by atoms with Crippen molar-refractivity contribution < 1.29 is 44.5 Å². The van der Waals surface area contributed by atoms with Crippen LogP contribution in [0.4, 0.5) is 4.39 Å². The topological polar surface area (TPSA) is 195 Å². The molecule has 2 fully saturated rings. The molecule has 0 aliphatic carbocycles. The summed E-state index contributed by atoms with van der Waals surface area (Å²) < 4.78 is 26.3. The average molecular weight is 408 g/mol. The standard InChI is InChI=1S/C15H21FN2O10/c1-5(20)9-11(24)14(16,26)12(27-9)15(10(23)8(22)6(4-19)28-15)18-3-2-7(21)17-13(18)25/h2-3,5-6,8-12,19-20,22-24,26H,4H2,1H3,(H,17,21,25)/t5?,6-,8-,9+,10-,11+,12+,14-,15+/m1/s1. The van der Waals surface area contributed by atoms with E-state index in [0.29, 0.717) is 4.57 Å². The summed E-state index contributed by atoms with van der Waals surface area (Å²) in [7, 11) is 0. The Bertz CT molecular complexity index is 841. The van der Waals surface area contributed by atoms with Crippen LogP contribution in [0.15, 0.2) is 21.9 Å². The molecule has 1 unspecified atom stereocenters. The van der Waals surface area contributed by atoms with Gasteiger partial charge in [-0.05, 0) is 6.92 Å². The number of hydrogen-bond acceptors (Lipinski definition) is 10. The van der Waals surface area contributed by atoms with Gasteiger partial charge >= 0.3 is 5.69 Å². The highest BCUT2D eigenvalue weighted by atomic mass is 19.2. The van der Waals surface area contributed by atoms with Crippen molar-refractivity contribution in [3.8, 4) is 0 Å². The van der Waals surface area contributed by atoms with Crippen LogP contribution in [-0.4, -0.2) is 95.4 Å². The van der Waals surface area contributed by atoms with Crippen LogP contribution in [0.5, 0.6) is 0 Å². The van der Waals surface area contributed by atoms with Gasteiger partial charge in [-0.15, -0.1) is 0 Å². The molecule has 1 aromatic rings. The molecule has 0 saturated carbocycles. The Morgan fingerprint density at radius 2 is 1.96 bits per heavy atom. The van der Waals surface area contributed by atoms with Crippen LogP contribution < -0.4 is 11.2 Å². The van der Waals surface area contributed by atoms with E-state index in [1.165, 1.54) is 0 Å². The minimum Gasteiger partial charge on any atom is -0.394 e. The Balaban J connectivity index is 2.24. The Morgan fingerprint density at radius 3 is 2.43 bits per heavy atom. The second-order valence-electron chi connectivity index (χ2n) is 6.90. The van der Waals surface area contributed by atoms with Gasteiger partial charge < -0.3 is 40.1 Å². The normalized spacial score (nSPS) is 44.7. The molecule has 9 atom stereocenters. The van der Waals surface area contributed by atoms with Gasteiger partial charge in [0.05, 0.1) is 12.7 Å². The van der Waals surface area contributed by atoms with Crippen LogP contribution in [0.1, 0.15) is 6.92 Å². The summed E-state index contributed by atoms with van der Waals surface area (Å²) in [5.74, 6) is -3.66. The summed E-state index contributed by atoms with van der Waals surface area (Å²) >= 11 is 0. The van der Waals surface area contributed by atoms with E-state index in [4.69, 9.17) is 9.47 Å². The number of ether oxygens (including phenoxy) is 2. The molecule has 28 heavy (non-hydrogen) atoms. The largest absolute Gasteiger partial charge is 0.394 e. The first-order chi connectivity index (χ1) is 13.0. The van der Waals surface area contributed by atoms with Gasteiger partial charge in [-0.2, -0.15) is 0 Å². The van der Waals surface area contributed by atoms with Crippen LogP contribution in [-0.2, 0) is 15.2 Å². The summed E-state index contributed by atoms with van der Waals surface area (Å²) in [5, 5.41) is 60.2. The molecular formula is C15H21FN2O10. The van der Waals surface area contributed by atoms with Crippen molar-refractivity contribution in [1.29, 1.82) is 0 Å². The lowest BCUT2D eigenvalue weighted by atomic mass is 9.90. The van der Waals surface area contributed by atoms with E-state index in [1.807, 2.05) is 4.98 Å². The van der Waals surface area contributed by atoms with E-state index >= 15 is 4.39 Å². The number of aromatic amines is 1. The maximum atomic E-state index is 15.2. The summed E-state index contributed by atoms with van der Waals surface area (Å²) in [6.07, 6.45) is -12.6. The van der Waals surface area contributed by atoms with Crippen LogP contribution in [0.2, 0.25) is 0 Å². The van der Waals surface area contributed by atoms with Gasteiger partial charge in [0.2, 0.25) is 5.72 Å². The van der Waals surface area contributed by atoms with Gasteiger partial charge in [-0.1, -0.05) is 0 Å². The molecule has 158 valence electrons. The zero-order valence-electron chi connectivity index (χ0n) is 14.5. The summed E-state index contributed by atoms with van der Waals surface area (Å²) in [6, 6.07) is 0.826. The number of hydrogen-bond donors (Lipinski definition) is 7. The van der Waals surface area contributed by atoms with Gasteiger partial charge in [0.25, 0.3) is 11.4 Å². The van der Waals surface area contributed by atoms with E-state index in [1.54, 1.807) is 0 Å². The SMILES string of the molecule is CC(O)[C@@H]1O[C@H]([C@@]2(n3ccc(=O)[nH]c3=O)O[C@H](CO)[C@@H](O)[C@H]2O)[C@@](O)(F)[C@H]1O. The highest BCUT2D eigenvalue weighted by Crippen LogP contribution is 2.48. The van der Waals surface area contributed by atoms with E-state index in [9.17, 15) is 40.2 Å². The molecule has 2 aliphatic rings. The lowest BCUT2D eigenvalue weighted by molar-refractivity contribution is -0.282. The monoisotopic (exact) mass is 408 g/mol. The van der Waals surface area contributed by atoms with Gasteiger partial charge in [-0.3, -0.25) is 14.3 Å². The molecule has 0 bridgehead atoms. The number of nitrogens with zero attached hydrogens (tertiary/aromatic N) is 1. The molecule has 0 amide bonds. The summed E-state index contributed by atoms with van der Waals surface area (Å²) in [5.41, 5.74) is -4.76. The number of aliphatic hydroxyl groups is 6. The zero-order valence-corrected chi connectivity index (χ0v) is 14.5. The fourth-order valence-corrected chi connectivity index (χ4v) is 3.69. The number of aliphatic hydroxyl groups excluding tert-OH is 5. The number of aromatic nitrogens is 2. The van der Waals surface area contributed by atoms with Crippen LogP contribution in [0.25, 0.3) is 0 Å². The zero-order chi connectivity index (χ0) is 21.0. The first-order valence-corrected chi connectivity index (χ1v) is 8.38. The Morgan fingerprint density at radius 1 is 1.32 bits per heavy atom. The van der Waals surface area contributed by atoms with E-state index in [-0.39, 0.29) is 0 Å². The lowest BCUT2D eigenvalue weighted by Crippen LogP contribution is -2.64. The quantitative estimate of drug-likeness (QED) is 0.255. The average Bonchev–Trinajstić information content (AvgIpc) is 3.00. The maximum Gasteiger partial charge on any atom is 0.330 e. The van der Waals surface area contributed by atoms with Gasteiger partial charge in [0.15, 0.2) is 6.10 Å². The molecule has 2 saturated heterocycles. The van der Waals surface area contributed by atoms with Gasteiger partial charge in [0.1, 0.15) is 30.5 Å². The maximum absolute atomic E-state index is 15.2. The van der Waals surface area contributed by atoms with Crippen molar-refractivity contribution in [3.05, 3.63) is 33.1 Å². The highest BCUT2D eigenvalue weighted by Gasteiger charge is 2.72. The number of nitrogens with one attached hydrogen (secondary N) is 1. The van der Waals surface area contributed by atoms with Crippen molar-refractivity contribution in [1.82, 2.24) is 9.55 Å². The molecule has 7 N–H and O–H groups in total. The fourth-order valence-electron chi connectivity index (χ4n) is 3.69. The number of halogens is 1. The molecule has 12 nitrogen and oxygen atoms in total. The number of alkyl halides is 1. The van der Waals surface area contributed by atoms with E-state index in [0.717, 1.165) is 19.2 Å². The van der Waals surface area contributed by atoms with Crippen molar-refractivity contribution in [2.24, 2.45) is 0 Å². The minimum absolute atomic E-state index is 0.476. The molecule has 3 heterocycles. The van der Waals surface area contributed by atoms with Crippen LogP contribution in [0.3, 0.4) is 0 Å². The molecule has 1 aromatic heterocycles.